The van der Waals surface area contributed by atoms with Crippen molar-refractivity contribution in [1.82, 2.24) is 25.5 Å². The van der Waals surface area contributed by atoms with Gasteiger partial charge in [0.05, 0.1) is 0 Å². The highest BCUT2D eigenvalue weighted by Crippen LogP contribution is 2.13. The summed E-state index contributed by atoms with van der Waals surface area (Å²) in [7, 11) is 0. The summed E-state index contributed by atoms with van der Waals surface area (Å²) in [6.45, 7) is 2.71. The molecular formula is C18H19N5O. The molecule has 3 aromatic rings. The van der Waals surface area contributed by atoms with Gasteiger partial charge in [-0.1, -0.05) is 67.6 Å². The maximum atomic E-state index is 12.1. The second-order valence-corrected chi connectivity index (χ2v) is 5.63. The van der Waals surface area contributed by atoms with Gasteiger partial charge in [-0.3, -0.25) is 4.79 Å². The number of carbonyl (C=O) groups is 1. The van der Waals surface area contributed by atoms with Crippen molar-refractivity contribution in [3.8, 4) is 11.4 Å². The Labute approximate surface area is 140 Å². The maximum Gasteiger partial charge on any atom is 0.243 e. The number of nitrogens with one attached hydrogen (secondary N) is 1. The minimum absolute atomic E-state index is 0.0569. The Kier molecular flexibility index (Phi) is 4.96. The number of nitrogens with zero attached hydrogens (tertiary/aromatic N) is 4. The summed E-state index contributed by atoms with van der Waals surface area (Å²) >= 11 is 0. The van der Waals surface area contributed by atoms with E-state index >= 15 is 0 Å². The molecule has 1 amide bonds. The largest absolute Gasteiger partial charge is 0.354 e. The van der Waals surface area contributed by atoms with Crippen LogP contribution in [-0.2, 0) is 11.3 Å². The average molecular weight is 321 g/mol. The Morgan fingerprint density at radius 1 is 1.08 bits per heavy atom. The molecule has 0 saturated heterocycles. The lowest BCUT2D eigenvalue weighted by Gasteiger charge is -2.12. The van der Waals surface area contributed by atoms with Crippen LogP contribution in [0, 0.1) is 0 Å². The van der Waals surface area contributed by atoms with Crippen LogP contribution >= 0.6 is 0 Å². The van der Waals surface area contributed by atoms with E-state index in [2.05, 4.69) is 39.8 Å². The van der Waals surface area contributed by atoms with Gasteiger partial charge in [0.25, 0.3) is 0 Å². The van der Waals surface area contributed by atoms with Crippen molar-refractivity contribution in [3.05, 3.63) is 66.2 Å². The molecular weight excluding hydrogens is 302 g/mol. The second-order valence-electron chi connectivity index (χ2n) is 5.63. The van der Waals surface area contributed by atoms with Crippen LogP contribution in [0.1, 0.15) is 18.4 Å². The van der Waals surface area contributed by atoms with E-state index in [1.165, 1.54) is 10.4 Å². The van der Waals surface area contributed by atoms with Crippen molar-refractivity contribution < 1.29 is 4.79 Å². The van der Waals surface area contributed by atoms with Crippen LogP contribution in [0.25, 0.3) is 11.4 Å². The predicted octanol–water partition coefficient (Wildman–Crippen LogP) is 2.26. The van der Waals surface area contributed by atoms with E-state index in [1.807, 2.05) is 48.5 Å². The number of tetrazole rings is 1. The molecule has 0 saturated carbocycles. The Morgan fingerprint density at radius 2 is 1.75 bits per heavy atom. The molecule has 0 fully saturated rings. The number of rotatable bonds is 6. The third kappa shape index (κ3) is 4.04. The van der Waals surface area contributed by atoms with Gasteiger partial charge in [0.2, 0.25) is 11.7 Å². The summed E-state index contributed by atoms with van der Waals surface area (Å²) in [5, 5.41) is 15.1. The molecule has 0 aliphatic heterocycles. The van der Waals surface area contributed by atoms with Crippen LogP contribution in [0.5, 0.6) is 0 Å². The smallest absolute Gasteiger partial charge is 0.243 e. The number of benzene rings is 2. The molecule has 3 rings (SSSR count). The van der Waals surface area contributed by atoms with Crippen molar-refractivity contribution in [2.45, 2.75) is 19.4 Å². The summed E-state index contributed by atoms with van der Waals surface area (Å²) in [5.74, 6) is 0.634. The van der Waals surface area contributed by atoms with Crippen LogP contribution in [0.2, 0.25) is 0 Å². The molecule has 122 valence electrons. The number of aromatic nitrogens is 4. The van der Waals surface area contributed by atoms with E-state index in [0.29, 0.717) is 12.4 Å². The van der Waals surface area contributed by atoms with E-state index in [0.717, 1.165) is 5.56 Å². The van der Waals surface area contributed by atoms with Gasteiger partial charge in [-0.25, -0.2) is 0 Å². The van der Waals surface area contributed by atoms with Crippen LogP contribution < -0.4 is 5.32 Å². The van der Waals surface area contributed by atoms with E-state index in [1.54, 1.807) is 0 Å². The lowest BCUT2D eigenvalue weighted by atomic mass is 10.0. The molecule has 0 radical (unpaired) electrons. The molecule has 0 aliphatic rings. The van der Waals surface area contributed by atoms with Crippen molar-refractivity contribution in [1.29, 1.82) is 0 Å². The summed E-state index contributed by atoms with van der Waals surface area (Å²) in [5.41, 5.74) is 2.07. The molecule has 1 aromatic heterocycles. The summed E-state index contributed by atoms with van der Waals surface area (Å²) in [6, 6.07) is 19.7. The molecule has 6 heteroatoms. The average Bonchev–Trinajstić information content (AvgIpc) is 3.09. The van der Waals surface area contributed by atoms with Gasteiger partial charge < -0.3 is 5.32 Å². The molecule has 0 aliphatic carbocycles. The summed E-state index contributed by atoms with van der Waals surface area (Å²) in [6.07, 6.45) is 0. The van der Waals surface area contributed by atoms with Gasteiger partial charge in [0.15, 0.2) is 0 Å². The normalized spacial score (nSPS) is 11.9. The van der Waals surface area contributed by atoms with E-state index < -0.39 is 0 Å². The van der Waals surface area contributed by atoms with Crippen molar-refractivity contribution in [2.24, 2.45) is 0 Å². The van der Waals surface area contributed by atoms with Crippen molar-refractivity contribution in [3.63, 3.8) is 0 Å². The first-order chi connectivity index (χ1) is 11.7. The molecule has 0 bridgehead atoms. The lowest BCUT2D eigenvalue weighted by molar-refractivity contribution is -0.122. The minimum Gasteiger partial charge on any atom is -0.354 e. The topological polar surface area (TPSA) is 72.7 Å². The zero-order chi connectivity index (χ0) is 16.8. The van der Waals surface area contributed by atoms with Crippen LogP contribution in [-0.4, -0.2) is 32.7 Å². The Hall–Kier alpha value is -3.02. The Morgan fingerprint density at radius 3 is 2.46 bits per heavy atom. The molecule has 24 heavy (non-hydrogen) atoms. The Bertz CT molecular complexity index is 785. The molecule has 1 atom stereocenters. The SMILES string of the molecule is C[C@@H](CNC(=O)Cn1nnc(-c2ccccc2)n1)c1ccccc1. The summed E-state index contributed by atoms with van der Waals surface area (Å²) < 4.78 is 0. The molecule has 2 aromatic carbocycles. The zero-order valence-corrected chi connectivity index (χ0v) is 13.5. The first kappa shape index (κ1) is 15.9. The predicted molar refractivity (Wildman–Crippen MR) is 91.1 cm³/mol. The fourth-order valence-corrected chi connectivity index (χ4v) is 2.36. The third-order valence-electron chi connectivity index (χ3n) is 3.74. The maximum absolute atomic E-state index is 12.1. The second kappa shape index (κ2) is 7.50. The minimum atomic E-state index is -0.130. The fraction of sp³-hybridized carbons (Fsp3) is 0.222. The fourth-order valence-electron chi connectivity index (χ4n) is 2.36. The standard InChI is InChI=1S/C18H19N5O/c1-14(15-8-4-2-5-9-15)12-19-17(24)13-23-21-18(20-22-23)16-10-6-3-7-11-16/h2-11,14H,12-13H2,1H3,(H,19,24)/t14-/m0/s1. The van der Waals surface area contributed by atoms with Crippen molar-refractivity contribution in [2.75, 3.05) is 6.54 Å². The monoisotopic (exact) mass is 321 g/mol. The number of carbonyl (C=O) groups excluding carboxylic acids is 1. The van der Waals surface area contributed by atoms with E-state index in [-0.39, 0.29) is 18.4 Å². The molecule has 6 nitrogen and oxygen atoms in total. The van der Waals surface area contributed by atoms with Gasteiger partial charge in [-0.2, -0.15) is 4.80 Å². The van der Waals surface area contributed by atoms with Gasteiger partial charge in [-0.05, 0) is 16.7 Å². The quantitative estimate of drug-likeness (QED) is 0.756. The number of hydrogen-bond donors (Lipinski definition) is 1. The van der Waals surface area contributed by atoms with Crippen LogP contribution in [0.3, 0.4) is 0 Å². The van der Waals surface area contributed by atoms with Gasteiger partial charge in [-0.15, -0.1) is 10.2 Å². The molecule has 1 heterocycles. The van der Waals surface area contributed by atoms with Crippen molar-refractivity contribution >= 4 is 5.91 Å². The number of hydrogen-bond acceptors (Lipinski definition) is 4. The van der Waals surface area contributed by atoms with Gasteiger partial charge in [0, 0.05) is 12.1 Å². The van der Waals surface area contributed by atoms with E-state index in [4.69, 9.17) is 0 Å². The van der Waals surface area contributed by atoms with Gasteiger partial charge >= 0.3 is 0 Å². The molecule has 0 unspecified atom stereocenters. The third-order valence-corrected chi connectivity index (χ3v) is 3.74. The zero-order valence-electron chi connectivity index (χ0n) is 13.5. The Balaban J connectivity index is 1.53. The summed E-state index contributed by atoms with van der Waals surface area (Å²) in [4.78, 5) is 13.4. The highest BCUT2D eigenvalue weighted by atomic mass is 16.2. The molecule has 1 N–H and O–H groups in total. The first-order valence-corrected chi connectivity index (χ1v) is 7.87. The highest BCUT2D eigenvalue weighted by Gasteiger charge is 2.11. The van der Waals surface area contributed by atoms with Crippen LogP contribution in [0.15, 0.2) is 60.7 Å². The lowest BCUT2D eigenvalue weighted by Crippen LogP contribution is -2.31. The number of amides is 1. The highest BCUT2D eigenvalue weighted by molar-refractivity contribution is 5.75. The van der Waals surface area contributed by atoms with E-state index in [9.17, 15) is 4.79 Å². The van der Waals surface area contributed by atoms with Crippen LogP contribution in [0.4, 0.5) is 0 Å². The van der Waals surface area contributed by atoms with Gasteiger partial charge in [0.1, 0.15) is 6.54 Å². The molecule has 0 spiro atoms. The first-order valence-electron chi connectivity index (χ1n) is 7.87.